The molecule has 0 saturated heterocycles. The van der Waals surface area contributed by atoms with Crippen molar-refractivity contribution in [3.8, 4) is 0 Å². The molecule has 3 aromatic carbocycles. The van der Waals surface area contributed by atoms with Gasteiger partial charge in [-0.15, -0.1) is 0 Å². The Labute approximate surface area is 184 Å². The van der Waals surface area contributed by atoms with Crippen molar-refractivity contribution in [2.24, 2.45) is 5.73 Å². The first-order valence-electron chi connectivity index (χ1n) is 10.2. The molecule has 32 heavy (non-hydrogen) atoms. The fourth-order valence-corrected chi connectivity index (χ4v) is 3.59. The van der Waals surface area contributed by atoms with Gasteiger partial charge in [0, 0.05) is 6.04 Å². The Balaban J connectivity index is 1.85. The summed E-state index contributed by atoms with van der Waals surface area (Å²) in [4.78, 5) is 12.2. The van der Waals surface area contributed by atoms with E-state index in [9.17, 15) is 22.4 Å². The third-order valence-electron chi connectivity index (χ3n) is 5.37. The number of hydrogen-bond donors (Lipinski definition) is 2. The summed E-state index contributed by atoms with van der Waals surface area (Å²) in [6, 6.07) is 17.5. The van der Waals surface area contributed by atoms with Gasteiger partial charge in [0.1, 0.15) is 11.9 Å². The summed E-state index contributed by atoms with van der Waals surface area (Å²) in [5, 5.41) is 3.26. The number of halogens is 4. The number of primary amides is 1. The summed E-state index contributed by atoms with van der Waals surface area (Å²) in [5.74, 6) is -0.903. The predicted octanol–water partition coefficient (Wildman–Crippen LogP) is 5.64. The minimum absolute atomic E-state index is 0.343. The quantitative estimate of drug-likeness (QED) is 0.442. The summed E-state index contributed by atoms with van der Waals surface area (Å²) < 4.78 is 52.3. The number of carbonyl (C=O) groups excluding carboxylic acids is 1. The van der Waals surface area contributed by atoms with Crippen molar-refractivity contribution in [3.05, 3.63) is 106 Å². The van der Waals surface area contributed by atoms with Crippen LogP contribution < -0.4 is 11.1 Å². The zero-order valence-corrected chi connectivity index (χ0v) is 17.5. The van der Waals surface area contributed by atoms with Crippen molar-refractivity contribution in [2.75, 3.05) is 0 Å². The lowest BCUT2D eigenvalue weighted by atomic mass is 9.95. The Bertz CT molecular complexity index is 1050. The number of benzene rings is 3. The third-order valence-corrected chi connectivity index (χ3v) is 5.37. The molecule has 0 aliphatic carbocycles. The molecule has 3 aromatic rings. The van der Waals surface area contributed by atoms with Crippen molar-refractivity contribution < 1.29 is 22.4 Å². The van der Waals surface area contributed by atoms with Crippen LogP contribution in [-0.4, -0.2) is 5.91 Å². The molecule has 2 unspecified atom stereocenters. The van der Waals surface area contributed by atoms with E-state index in [2.05, 4.69) is 5.32 Å². The van der Waals surface area contributed by atoms with E-state index in [-0.39, 0.29) is 11.9 Å². The van der Waals surface area contributed by atoms with Crippen LogP contribution in [0.5, 0.6) is 0 Å². The first kappa shape index (κ1) is 23.5. The van der Waals surface area contributed by atoms with Crippen molar-refractivity contribution in [2.45, 2.75) is 38.0 Å². The number of aryl methyl sites for hydroxylation is 2. The van der Waals surface area contributed by atoms with Gasteiger partial charge in [0.2, 0.25) is 5.91 Å². The molecule has 7 heteroatoms. The second-order valence-corrected chi connectivity index (χ2v) is 7.71. The highest BCUT2D eigenvalue weighted by Crippen LogP contribution is 2.30. The number of nitrogens with two attached hydrogens (primary N) is 1. The maximum absolute atomic E-state index is 13.8. The molecule has 0 fully saturated rings. The molecule has 0 radical (unpaired) electrons. The monoisotopic (exact) mass is 444 g/mol. The molecule has 0 aliphatic rings. The molecule has 0 saturated carbocycles. The number of alkyl halides is 3. The lowest BCUT2D eigenvalue weighted by Crippen LogP contribution is -2.36. The molecule has 0 heterocycles. The van der Waals surface area contributed by atoms with Crippen LogP contribution in [0.3, 0.4) is 0 Å². The van der Waals surface area contributed by atoms with Gasteiger partial charge < -0.3 is 5.73 Å². The minimum Gasteiger partial charge on any atom is -0.368 e. The number of nitrogens with one attached hydrogen (secondary N) is 1. The molecule has 2 atom stereocenters. The van der Waals surface area contributed by atoms with E-state index in [0.29, 0.717) is 24.0 Å². The summed E-state index contributed by atoms with van der Waals surface area (Å²) in [6.07, 6.45) is -3.47. The van der Waals surface area contributed by atoms with Crippen molar-refractivity contribution in [1.82, 2.24) is 5.32 Å². The second kappa shape index (κ2) is 9.96. The van der Waals surface area contributed by atoms with Gasteiger partial charge in [0.25, 0.3) is 0 Å². The number of carbonyl (C=O) groups is 1. The highest BCUT2D eigenvalue weighted by Gasteiger charge is 2.30. The lowest BCUT2D eigenvalue weighted by molar-refractivity contribution is -0.137. The van der Waals surface area contributed by atoms with Gasteiger partial charge >= 0.3 is 6.18 Å². The number of amides is 1. The molecule has 0 bridgehead atoms. The van der Waals surface area contributed by atoms with Crippen LogP contribution in [0.1, 0.15) is 46.3 Å². The van der Waals surface area contributed by atoms with E-state index in [4.69, 9.17) is 5.73 Å². The summed E-state index contributed by atoms with van der Waals surface area (Å²) >= 11 is 0. The van der Waals surface area contributed by atoms with E-state index >= 15 is 0 Å². The normalized spacial score (nSPS) is 13.5. The number of hydrogen-bond acceptors (Lipinski definition) is 2. The van der Waals surface area contributed by atoms with Crippen molar-refractivity contribution in [1.29, 1.82) is 0 Å². The zero-order valence-electron chi connectivity index (χ0n) is 17.5. The predicted molar refractivity (Wildman–Crippen MR) is 115 cm³/mol. The van der Waals surface area contributed by atoms with E-state index in [1.54, 1.807) is 43.3 Å². The second-order valence-electron chi connectivity index (χ2n) is 7.71. The van der Waals surface area contributed by atoms with Crippen LogP contribution in [0.15, 0.2) is 72.8 Å². The minimum atomic E-state index is -4.39. The van der Waals surface area contributed by atoms with Crippen LogP contribution in [-0.2, 0) is 17.4 Å². The summed E-state index contributed by atoms with van der Waals surface area (Å²) in [5.41, 5.74) is 7.57. The largest absolute Gasteiger partial charge is 0.416 e. The fourth-order valence-electron chi connectivity index (χ4n) is 3.59. The highest BCUT2D eigenvalue weighted by atomic mass is 19.4. The van der Waals surface area contributed by atoms with Gasteiger partial charge in [-0.1, -0.05) is 54.6 Å². The molecule has 168 valence electrons. The maximum Gasteiger partial charge on any atom is 0.416 e. The average molecular weight is 444 g/mol. The summed E-state index contributed by atoms with van der Waals surface area (Å²) in [6.45, 7) is 1.65. The third kappa shape index (κ3) is 5.95. The van der Waals surface area contributed by atoms with Crippen molar-refractivity contribution in [3.63, 3.8) is 0 Å². The van der Waals surface area contributed by atoms with Gasteiger partial charge in [0.05, 0.1) is 5.56 Å². The van der Waals surface area contributed by atoms with Gasteiger partial charge in [-0.25, -0.2) is 4.39 Å². The van der Waals surface area contributed by atoms with E-state index < -0.39 is 23.7 Å². The van der Waals surface area contributed by atoms with Crippen LogP contribution >= 0.6 is 0 Å². The lowest BCUT2D eigenvalue weighted by Gasteiger charge is -2.25. The van der Waals surface area contributed by atoms with Crippen LogP contribution in [0.2, 0.25) is 0 Å². The number of rotatable bonds is 8. The molecule has 3 rings (SSSR count). The molecule has 1 amide bonds. The van der Waals surface area contributed by atoms with Crippen LogP contribution in [0.25, 0.3) is 0 Å². The van der Waals surface area contributed by atoms with Gasteiger partial charge in [0.15, 0.2) is 0 Å². The molecular weight excluding hydrogens is 420 g/mol. The molecule has 3 N–H and O–H groups in total. The molecule has 0 spiro atoms. The molecule has 3 nitrogen and oxygen atoms in total. The molecular formula is C25H24F4N2O. The van der Waals surface area contributed by atoms with Gasteiger partial charge in [-0.3, -0.25) is 10.1 Å². The molecule has 0 aromatic heterocycles. The summed E-state index contributed by atoms with van der Waals surface area (Å²) in [7, 11) is 0. The Morgan fingerprint density at radius 2 is 1.62 bits per heavy atom. The Morgan fingerprint density at radius 3 is 2.19 bits per heavy atom. The maximum atomic E-state index is 13.8. The van der Waals surface area contributed by atoms with Gasteiger partial charge in [-0.05, 0) is 60.2 Å². The fraction of sp³-hybridized carbons (Fsp3) is 0.240. The van der Waals surface area contributed by atoms with E-state index in [1.165, 1.54) is 18.2 Å². The zero-order chi connectivity index (χ0) is 23.3. The topological polar surface area (TPSA) is 55.1 Å². The van der Waals surface area contributed by atoms with Gasteiger partial charge in [-0.2, -0.15) is 13.2 Å². The van der Waals surface area contributed by atoms with Crippen LogP contribution in [0.4, 0.5) is 17.6 Å². The molecule has 0 aliphatic heterocycles. The Hall–Kier alpha value is -3.19. The highest BCUT2D eigenvalue weighted by molar-refractivity contribution is 5.81. The standard InChI is InChI=1S/C25H24F4N2O/c1-16-15-19(10-13-21(16)26)22(31-23(24(30)32)18-5-3-2-4-6-18)14-9-17-7-11-20(12-8-17)25(27,28)29/h2-8,10-13,15,22-23,31H,9,14H2,1H3,(H2,30,32). The SMILES string of the molecule is Cc1cc(C(CCc2ccc(C(F)(F)F)cc2)NC(C(N)=O)c2ccccc2)ccc1F. The Morgan fingerprint density at radius 1 is 0.969 bits per heavy atom. The van der Waals surface area contributed by atoms with E-state index in [1.807, 2.05) is 6.07 Å². The van der Waals surface area contributed by atoms with Crippen molar-refractivity contribution >= 4 is 5.91 Å². The Kier molecular flexibility index (Phi) is 7.30. The first-order valence-corrected chi connectivity index (χ1v) is 10.2. The van der Waals surface area contributed by atoms with E-state index in [0.717, 1.165) is 23.3 Å². The van der Waals surface area contributed by atoms with Crippen LogP contribution in [0, 0.1) is 12.7 Å². The average Bonchev–Trinajstić information content (AvgIpc) is 2.76. The first-order chi connectivity index (χ1) is 15.1. The smallest absolute Gasteiger partial charge is 0.368 e.